The topological polar surface area (TPSA) is 29.1 Å². The number of hydrogen-bond donors (Lipinski definition) is 1. The maximum absolute atomic E-state index is 10.6. The van der Waals surface area contributed by atoms with Crippen LogP contribution >= 0.6 is 0 Å². The maximum Gasteiger partial charge on any atom is 0.150 e. The van der Waals surface area contributed by atoms with Crippen LogP contribution in [0.1, 0.15) is 35.7 Å². The van der Waals surface area contributed by atoms with Crippen LogP contribution in [0, 0.1) is 0 Å². The van der Waals surface area contributed by atoms with E-state index in [-0.39, 0.29) is 0 Å². The Morgan fingerprint density at radius 3 is 3.14 bits per heavy atom. The number of carbonyl (C=O) groups is 1. The minimum absolute atomic E-state index is 0.601. The molecule has 1 aliphatic rings. The van der Waals surface area contributed by atoms with E-state index in [0.29, 0.717) is 6.04 Å². The van der Waals surface area contributed by atoms with E-state index in [1.807, 2.05) is 18.2 Å². The first-order valence-corrected chi connectivity index (χ1v) is 5.18. The molecule has 0 spiro atoms. The summed E-state index contributed by atoms with van der Waals surface area (Å²) in [7, 11) is 0. The second kappa shape index (κ2) is 3.82. The Balaban J connectivity index is 2.27. The molecule has 2 rings (SSSR count). The van der Waals surface area contributed by atoms with E-state index < -0.39 is 0 Å². The molecule has 1 aromatic rings. The quantitative estimate of drug-likeness (QED) is 0.724. The summed E-state index contributed by atoms with van der Waals surface area (Å²) < 4.78 is 0. The molecule has 0 radical (unpaired) electrons. The molecule has 1 aromatic carbocycles. The molecule has 1 unspecified atom stereocenters. The van der Waals surface area contributed by atoms with Crippen LogP contribution in [0.5, 0.6) is 0 Å². The molecule has 0 aliphatic carbocycles. The van der Waals surface area contributed by atoms with E-state index in [9.17, 15) is 4.79 Å². The maximum atomic E-state index is 10.6. The fraction of sp³-hybridized carbons (Fsp3) is 0.417. The van der Waals surface area contributed by atoms with E-state index in [0.717, 1.165) is 24.7 Å². The molecular weight excluding hydrogens is 174 g/mol. The van der Waals surface area contributed by atoms with Crippen molar-refractivity contribution < 1.29 is 4.79 Å². The number of fused-ring (bicyclic) bond motifs is 1. The number of carbonyl (C=O) groups excluding carboxylic acids is 1. The van der Waals surface area contributed by atoms with Crippen LogP contribution in [-0.4, -0.2) is 12.3 Å². The summed E-state index contributed by atoms with van der Waals surface area (Å²) in [6.45, 7) is 2.20. The van der Waals surface area contributed by atoms with E-state index in [4.69, 9.17) is 0 Å². The molecule has 1 aliphatic heterocycles. The summed E-state index contributed by atoms with van der Waals surface area (Å²) in [6, 6.07) is 6.48. The highest BCUT2D eigenvalue weighted by molar-refractivity contribution is 5.77. The molecule has 2 nitrogen and oxygen atoms in total. The Morgan fingerprint density at radius 2 is 2.43 bits per heavy atom. The zero-order chi connectivity index (χ0) is 9.97. The normalized spacial score (nSPS) is 19.6. The number of rotatable bonds is 2. The number of aryl methyl sites for hydroxylation is 1. The molecule has 2 heteroatoms. The molecular formula is C12H15NO. The Hall–Kier alpha value is -1.31. The predicted molar refractivity (Wildman–Crippen MR) is 57.9 cm³/mol. The second-order valence-electron chi connectivity index (χ2n) is 3.82. The fourth-order valence-corrected chi connectivity index (χ4v) is 1.96. The number of anilines is 1. The van der Waals surface area contributed by atoms with Gasteiger partial charge >= 0.3 is 0 Å². The van der Waals surface area contributed by atoms with Crippen LogP contribution in [0.3, 0.4) is 0 Å². The molecule has 0 saturated heterocycles. The lowest BCUT2D eigenvalue weighted by Crippen LogP contribution is -2.24. The van der Waals surface area contributed by atoms with Gasteiger partial charge in [-0.3, -0.25) is 4.79 Å². The summed E-state index contributed by atoms with van der Waals surface area (Å²) in [5, 5.41) is 3.48. The van der Waals surface area contributed by atoms with Gasteiger partial charge in [0.05, 0.1) is 0 Å². The van der Waals surface area contributed by atoms with Gasteiger partial charge in [-0.25, -0.2) is 0 Å². The van der Waals surface area contributed by atoms with Gasteiger partial charge in [0.2, 0.25) is 0 Å². The van der Waals surface area contributed by atoms with Crippen molar-refractivity contribution in [2.45, 2.75) is 32.2 Å². The third kappa shape index (κ3) is 1.65. The Labute approximate surface area is 84.3 Å². The lowest BCUT2D eigenvalue weighted by molar-refractivity contribution is 0.112. The minimum Gasteiger partial charge on any atom is -0.382 e. The van der Waals surface area contributed by atoms with Crippen molar-refractivity contribution in [1.82, 2.24) is 0 Å². The fourth-order valence-electron chi connectivity index (χ4n) is 1.96. The molecule has 1 atom stereocenters. The van der Waals surface area contributed by atoms with Crippen molar-refractivity contribution in [1.29, 1.82) is 0 Å². The first-order chi connectivity index (χ1) is 6.83. The largest absolute Gasteiger partial charge is 0.382 e. The van der Waals surface area contributed by atoms with Crippen LogP contribution in [0.4, 0.5) is 5.69 Å². The SMILES string of the molecule is CCC1CCc2cc(C=O)ccc2N1. The highest BCUT2D eigenvalue weighted by Crippen LogP contribution is 2.26. The van der Waals surface area contributed by atoms with Crippen molar-refractivity contribution in [3.8, 4) is 0 Å². The van der Waals surface area contributed by atoms with Crippen molar-refractivity contribution in [3.05, 3.63) is 29.3 Å². The molecule has 0 bridgehead atoms. The summed E-state index contributed by atoms with van der Waals surface area (Å²) in [5.74, 6) is 0. The highest BCUT2D eigenvalue weighted by atomic mass is 16.1. The second-order valence-corrected chi connectivity index (χ2v) is 3.82. The average molecular weight is 189 g/mol. The molecule has 0 saturated carbocycles. The Kier molecular flexibility index (Phi) is 2.53. The minimum atomic E-state index is 0.601. The van der Waals surface area contributed by atoms with Crippen LogP contribution < -0.4 is 5.32 Å². The number of benzene rings is 1. The van der Waals surface area contributed by atoms with Gasteiger partial charge in [0.25, 0.3) is 0 Å². The van der Waals surface area contributed by atoms with Gasteiger partial charge in [-0.2, -0.15) is 0 Å². The Bertz CT molecular complexity index is 346. The van der Waals surface area contributed by atoms with Gasteiger partial charge in [0.15, 0.2) is 0 Å². The van der Waals surface area contributed by atoms with Crippen molar-refractivity contribution in [3.63, 3.8) is 0 Å². The first-order valence-electron chi connectivity index (χ1n) is 5.18. The van der Waals surface area contributed by atoms with Gasteiger partial charge in [0.1, 0.15) is 6.29 Å². The lowest BCUT2D eigenvalue weighted by atomic mass is 9.95. The van der Waals surface area contributed by atoms with Gasteiger partial charge in [-0.05, 0) is 43.0 Å². The summed E-state index contributed by atoms with van der Waals surface area (Å²) in [5.41, 5.74) is 3.26. The van der Waals surface area contributed by atoms with Crippen LogP contribution in [-0.2, 0) is 6.42 Å². The standard InChI is InChI=1S/C12H15NO/c1-2-11-5-4-10-7-9(8-14)3-6-12(10)13-11/h3,6-8,11,13H,2,4-5H2,1H3. The predicted octanol–water partition coefficient (Wildman–Crippen LogP) is 2.64. The highest BCUT2D eigenvalue weighted by Gasteiger charge is 2.15. The monoisotopic (exact) mass is 189 g/mol. The van der Waals surface area contributed by atoms with Gasteiger partial charge in [-0.15, -0.1) is 0 Å². The third-order valence-corrected chi connectivity index (χ3v) is 2.88. The number of nitrogens with one attached hydrogen (secondary N) is 1. The smallest absolute Gasteiger partial charge is 0.150 e. The summed E-state index contributed by atoms with van der Waals surface area (Å²) >= 11 is 0. The van der Waals surface area contributed by atoms with Crippen LogP contribution in [0.25, 0.3) is 0 Å². The van der Waals surface area contributed by atoms with Crippen molar-refractivity contribution in [2.24, 2.45) is 0 Å². The van der Waals surface area contributed by atoms with E-state index in [2.05, 4.69) is 12.2 Å². The van der Waals surface area contributed by atoms with Crippen LogP contribution in [0.2, 0.25) is 0 Å². The molecule has 0 aromatic heterocycles. The van der Waals surface area contributed by atoms with E-state index in [1.54, 1.807) is 0 Å². The zero-order valence-corrected chi connectivity index (χ0v) is 8.42. The van der Waals surface area contributed by atoms with Gasteiger partial charge in [0, 0.05) is 17.3 Å². The zero-order valence-electron chi connectivity index (χ0n) is 8.42. The summed E-state index contributed by atoms with van der Waals surface area (Å²) in [4.78, 5) is 10.6. The van der Waals surface area contributed by atoms with Gasteiger partial charge < -0.3 is 5.32 Å². The van der Waals surface area contributed by atoms with Gasteiger partial charge in [-0.1, -0.05) is 6.92 Å². The molecule has 1 N–H and O–H groups in total. The molecule has 0 amide bonds. The molecule has 14 heavy (non-hydrogen) atoms. The van der Waals surface area contributed by atoms with E-state index in [1.165, 1.54) is 17.7 Å². The lowest BCUT2D eigenvalue weighted by Gasteiger charge is -2.26. The molecule has 74 valence electrons. The third-order valence-electron chi connectivity index (χ3n) is 2.88. The Morgan fingerprint density at radius 1 is 1.57 bits per heavy atom. The van der Waals surface area contributed by atoms with Crippen molar-refractivity contribution >= 4 is 12.0 Å². The van der Waals surface area contributed by atoms with Crippen LogP contribution in [0.15, 0.2) is 18.2 Å². The first kappa shape index (κ1) is 9.25. The van der Waals surface area contributed by atoms with E-state index >= 15 is 0 Å². The molecule has 0 fully saturated rings. The van der Waals surface area contributed by atoms with Crippen molar-refractivity contribution in [2.75, 3.05) is 5.32 Å². The molecule has 1 heterocycles. The summed E-state index contributed by atoms with van der Waals surface area (Å²) in [6.07, 6.45) is 4.33. The number of aldehydes is 1. The average Bonchev–Trinajstić information content (AvgIpc) is 2.27. The number of hydrogen-bond acceptors (Lipinski definition) is 2.